The normalized spacial score (nSPS) is 10.6. The zero-order valence-electron chi connectivity index (χ0n) is 15.1. The highest BCUT2D eigenvalue weighted by atomic mass is 16.5. The number of ether oxygens (including phenoxy) is 1. The fourth-order valence-electron chi connectivity index (χ4n) is 2.99. The molecule has 0 aliphatic heterocycles. The van der Waals surface area contributed by atoms with Crippen LogP contribution >= 0.6 is 0 Å². The summed E-state index contributed by atoms with van der Waals surface area (Å²) in [6.45, 7) is 0.679. The van der Waals surface area contributed by atoms with Crippen LogP contribution in [-0.2, 0) is 6.54 Å². The molecule has 3 aromatic carbocycles. The summed E-state index contributed by atoms with van der Waals surface area (Å²) in [6.07, 6.45) is 1.74. The summed E-state index contributed by atoms with van der Waals surface area (Å²) in [4.78, 5) is 2.15. The van der Waals surface area contributed by atoms with E-state index in [1.165, 1.54) is 5.56 Å². The molecule has 4 rings (SSSR count). The van der Waals surface area contributed by atoms with E-state index in [0.29, 0.717) is 6.54 Å². The maximum Gasteiger partial charge on any atom is 0.236 e. The molecule has 0 unspecified atom stereocenters. The molecule has 1 aromatic heterocycles. The first-order valence-electron chi connectivity index (χ1n) is 8.76. The van der Waals surface area contributed by atoms with Crippen LogP contribution in [0.2, 0.25) is 0 Å². The van der Waals surface area contributed by atoms with E-state index >= 15 is 0 Å². The SMILES string of the molecule is COc1ccc(N(Cc2ccccc2)c2nncn2-c2ccccc2)cc1. The Labute approximate surface area is 158 Å². The van der Waals surface area contributed by atoms with Gasteiger partial charge in [0.1, 0.15) is 12.1 Å². The summed E-state index contributed by atoms with van der Waals surface area (Å²) in [6, 6.07) is 28.4. The van der Waals surface area contributed by atoms with Crippen molar-refractivity contribution in [3.63, 3.8) is 0 Å². The summed E-state index contributed by atoms with van der Waals surface area (Å²) >= 11 is 0. The zero-order chi connectivity index (χ0) is 18.5. The highest BCUT2D eigenvalue weighted by molar-refractivity contribution is 5.60. The zero-order valence-corrected chi connectivity index (χ0v) is 15.1. The summed E-state index contributed by atoms with van der Waals surface area (Å²) < 4.78 is 7.29. The second-order valence-electron chi connectivity index (χ2n) is 6.11. The molecule has 0 saturated heterocycles. The lowest BCUT2D eigenvalue weighted by molar-refractivity contribution is 0.415. The number of anilines is 2. The Balaban J connectivity index is 1.77. The molecule has 0 atom stereocenters. The first-order chi connectivity index (χ1) is 13.3. The van der Waals surface area contributed by atoms with Crippen molar-refractivity contribution in [1.82, 2.24) is 14.8 Å². The van der Waals surface area contributed by atoms with E-state index in [2.05, 4.69) is 27.2 Å². The van der Waals surface area contributed by atoms with Gasteiger partial charge in [-0.1, -0.05) is 48.5 Å². The summed E-state index contributed by atoms with van der Waals surface area (Å²) in [7, 11) is 1.67. The van der Waals surface area contributed by atoms with Crippen molar-refractivity contribution in [3.05, 3.63) is 96.8 Å². The molecule has 4 aromatic rings. The number of aromatic nitrogens is 3. The van der Waals surface area contributed by atoms with Crippen molar-refractivity contribution in [2.45, 2.75) is 6.54 Å². The van der Waals surface area contributed by atoms with Crippen molar-refractivity contribution >= 4 is 11.6 Å². The van der Waals surface area contributed by atoms with Gasteiger partial charge in [-0.15, -0.1) is 10.2 Å². The van der Waals surface area contributed by atoms with Crippen LogP contribution in [0, 0.1) is 0 Å². The van der Waals surface area contributed by atoms with Gasteiger partial charge in [0.05, 0.1) is 19.3 Å². The van der Waals surface area contributed by atoms with Crippen LogP contribution in [0.15, 0.2) is 91.3 Å². The van der Waals surface area contributed by atoms with Crippen molar-refractivity contribution in [3.8, 4) is 11.4 Å². The molecule has 0 radical (unpaired) electrons. The molecular weight excluding hydrogens is 336 g/mol. The Morgan fingerprint density at radius 1 is 0.852 bits per heavy atom. The fraction of sp³-hybridized carbons (Fsp3) is 0.0909. The van der Waals surface area contributed by atoms with E-state index in [-0.39, 0.29) is 0 Å². The standard InChI is InChI=1S/C22H20N4O/c1-27-21-14-12-20(13-15-21)25(16-18-8-4-2-5-9-18)22-24-23-17-26(22)19-10-6-3-7-11-19/h2-15,17H,16H2,1H3. The minimum absolute atomic E-state index is 0.679. The van der Waals surface area contributed by atoms with Gasteiger partial charge >= 0.3 is 0 Å². The monoisotopic (exact) mass is 356 g/mol. The molecule has 134 valence electrons. The Kier molecular flexibility index (Phi) is 4.83. The van der Waals surface area contributed by atoms with Crippen molar-refractivity contribution in [2.24, 2.45) is 0 Å². The Hall–Kier alpha value is -3.60. The van der Waals surface area contributed by atoms with Gasteiger partial charge in [-0.25, -0.2) is 0 Å². The third kappa shape index (κ3) is 3.67. The van der Waals surface area contributed by atoms with Crippen LogP contribution in [-0.4, -0.2) is 21.9 Å². The van der Waals surface area contributed by atoms with Gasteiger partial charge < -0.3 is 9.64 Å². The number of nitrogens with zero attached hydrogens (tertiary/aromatic N) is 4. The third-order valence-corrected chi connectivity index (χ3v) is 4.37. The molecule has 0 amide bonds. The van der Waals surface area contributed by atoms with E-state index in [4.69, 9.17) is 4.74 Å². The minimum Gasteiger partial charge on any atom is -0.497 e. The number of methoxy groups -OCH3 is 1. The smallest absolute Gasteiger partial charge is 0.236 e. The Morgan fingerprint density at radius 3 is 2.19 bits per heavy atom. The molecule has 1 heterocycles. The summed E-state index contributed by atoms with van der Waals surface area (Å²) in [5, 5.41) is 8.58. The van der Waals surface area contributed by atoms with Gasteiger partial charge in [-0.3, -0.25) is 4.57 Å². The number of benzene rings is 3. The topological polar surface area (TPSA) is 43.2 Å². The second kappa shape index (κ2) is 7.74. The summed E-state index contributed by atoms with van der Waals surface area (Å²) in [5.74, 6) is 1.58. The van der Waals surface area contributed by atoms with E-state index < -0.39 is 0 Å². The lowest BCUT2D eigenvalue weighted by atomic mass is 10.2. The molecule has 0 N–H and O–H groups in total. The van der Waals surface area contributed by atoms with Gasteiger partial charge in [0.15, 0.2) is 0 Å². The molecule has 0 saturated carbocycles. The molecule has 0 fully saturated rings. The number of hydrogen-bond acceptors (Lipinski definition) is 4. The number of rotatable bonds is 6. The largest absolute Gasteiger partial charge is 0.497 e. The molecule has 0 aliphatic carbocycles. The van der Waals surface area contributed by atoms with Crippen LogP contribution in [0.3, 0.4) is 0 Å². The van der Waals surface area contributed by atoms with Gasteiger partial charge in [0.2, 0.25) is 5.95 Å². The first-order valence-corrected chi connectivity index (χ1v) is 8.76. The number of para-hydroxylation sites is 1. The maximum atomic E-state index is 5.30. The molecule has 27 heavy (non-hydrogen) atoms. The van der Waals surface area contributed by atoms with Gasteiger partial charge in [0, 0.05) is 5.69 Å². The second-order valence-corrected chi connectivity index (χ2v) is 6.11. The van der Waals surface area contributed by atoms with Crippen molar-refractivity contribution in [2.75, 3.05) is 12.0 Å². The van der Waals surface area contributed by atoms with Crippen LogP contribution in [0.1, 0.15) is 5.56 Å². The van der Waals surface area contributed by atoms with Gasteiger partial charge in [-0.05, 0) is 42.0 Å². The highest BCUT2D eigenvalue weighted by Crippen LogP contribution is 2.29. The first kappa shape index (κ1) is 16.8. The molecule has 0 bridgehead atoms. The van der Waals surface area contributed by atoms with E-state index in [0.717, 1.165) is 23.1 Å². The lowest BCUT2D eigenvalue weighted by Crippen LogP contribution is -2.20. The van der Waals surface area contributed by atoms with E-state index in [1.54, 1.807) is 13.4 Å². The molecule has 0 aliphatic rings. The van der Waals surface area contributed by atoms with Crippen LogP contribution < -0.4 is 9.64 Å². The van der Waals surface area contributed by atoms with Crippen LogP contribution in [0.25, 0.3) is 5.69 Å². The molecule has 0 spiro atoms. The van der Waals surface area contributed by atoms with Crippen LogP contribution in [0.4, 0.5) is 11.6 Å². The molecular formula is C22H20N4O. The Morgan fingerprint density at radius 2 is 1.52 bits per heavy atom. The van der Waals surface area contributed by atoms with Gasteiger partial charge in [-0.2, -0.15) is 0 Å². The Bertz CT molecular complexity index is 982. The lowest BCUT2D eigenvalue weighted by Gasteiger charge is -2.24. The number of hydrogen-bond donors (Lipinski definition) is 0. The van der Waals surface area contributed by atoms with Crippen molar-refractivity contribution < 1.29 is 4.74 Å². The highest BCUT2D eigenvalue weighted by Gasteiger charge is 2.17. The van der Waals surface area contributed by atoms with E-state index in [1.807, 2.05) is 77.4 Å². The maximum absolute atomic E-state index is 5.30. The average molecular weight is 356 g/mol. The van der Waals surface area contributed by atoms with Crippen molar-refractivity contribution in [1.29, 1.82) is 0 Å². The predicted molar refractivity (Wildman–Crippen MR) is 107 cm³/mol. The quantitative estimate of drug-likeness (QED) is 0.506. The molecule has 5 heteroatoms. The summed E-state index contributed by atoms with van der Waals surface area (Å²) in [5.41, 5.74) is 3.23. The third-order valence-electron chi connectivity index (χ3n) is 4.37. The fourth-order valence-corrected chi connectivity index (χ4v) is 2.99. The van der Waals surface area contributed by atoms with Gasteiger partial charge in [0.25, 0.3) is 0 Å². The molecule has 5 nitrogen and oxygen atoms in total. The predicted octanol–water partition coefficient (Wildman–Crippen LogP) is 4.61. The minimum atomic E-state index is 0.679. The van der Waals surface area contributed by atoms with E-state index in [9.17, 15) is 0 Å². The van der Waals surface area contributed by atoms with Crippen LogP contribution in [0.5, 0.6) is 5.75 Å². The average Bonchev–Trinajstić information content (AvgIpc) is 3.23.